The number of hydrogen-bond donors (Lipinski definition) is 0. The van der Waals surface area contributed by atoms with Gasteiger partial charge in [-0.2, -0.15) is 0 Å². The first-order valence-corrected chi connectivity index (χ1v) is 4.16. The maximum absolute atomic E-state index is 5.26. The van der Waals surface area contributed by atoms with Crippen LogP contribution in [-0.2, 0) is 9.47 Å². The van der Waals surface area contributed by atoms with Crippen molar-refractivity contribution in [2.75, 3.05) is 19.9 Å². The Kier molecular flexibility index (Phi) is 1.88. The summed E-state index contributed by atoms with van der Waals surface area (Å²) in [5, 5.41) is 0. The molecule has 0 amide bonds. The average molecular weight is 155 g/mol. The first kappa shape index (κ1) is 6.83. The highest BCUT2D eigenvalue weighted by Gasteiger charge is 2.17. The third-order valence-corrected chi connectivity index (χ3v) is 2.13. The van der Waals surface area contributed by atoms with Gasteiger partial charge in [0.2, 0.25) is 12.7 Å². The monoisotopic (exact) mass is 155 g/mol. The zero-order valence-electron chi connectivity index (χ0n) is 6.58. The Bertz CT molecular complexity index is 161. The molecule has 2 aliphatic rings. The highest BCUT2D eigenvalue weighted by atomic mass is 16.7. The fourth-order valence-corrected chi connectivity index (χ4v) is 1.51. The quantitative estimate of drug-likeness (QED) is 0.569. The molecule has 0 spiro atoms. The number of likely N-dealkylation sites (tertiary alicyclic amines) is 1. The molecule has 0 atom stereocenters. The first-order chi connectivity index (χ1) is 5.47. The van der Waals surface area contributed by atoms with Gasteiger partial charge in [-0.3, -0.25) is 0 Å². The van der Waals surface area contributed by atoms with Gasteiger partial charge in [-0.1, -0.05) is 0 Å². The minimum atomic E-state index is 0.395. The van der Waals surface area contributed by atoms with Crippen LogP contribution in [0.3, 0.4) is 0 Å². The molecule has 1 saturated heterocycles. The second-order valence-corrected chi connectivity index (χ2v) is 2.93. The summed E-state index contributed by atoms with van der Waals surface area (Å²) in [5.74, 6) is 0.921. The van der Waals surface area contributed by atoms with Gasteiger partial charge in [0.1, 0.15) is 6.26 Å². The molecule has 3 nitrogen and oxygen atoms in total. The normalized spacial score (nSPS) is 24.0. The fraction of sp³-hybridized carbons (Fsp3) is 0.750. The van der Waals surface area contributed by atoms with Crippen molar-refractivity contribution in [2.24, 2.45) is 0 Å². The molecule has 0 aliphatic carbocycles. The second-order valence-electron chi connectivity index (χ2n) is 2.93. The molecule has 1 fully saturated rings. The molecule has 2 heterocycles. The van der Waals surface area contributed by atoms with Gasteiger partial charge in [0.05, 0.1) is 0 Å². The number of piperidine rings is 1. The van der Waals surface area contributed by atoms with Gasteiger partial charge >= 0.3 is 0 Å². The van der Waals surface area contributed by atoms with Crippen molar-refractivity contribution < 1.29 is 9.47 Å². The van der Waals surface area contributed by atoms with Crippen LogP contribution < -0.4 is 0 Å². The van der Waals surface area contributed by atoms with Gasteiger partial charge in [0.15, 0.2) is 0 Å². The molecule has 11 heavy (non-hydrogen) atoms. The van der Waals surface area contributed by atoms with Crippen LogP contribution in [0.1, 0.15) is 19.3 Å². The molecule has 0 aromatic carbocycles. The average Bonchev–Trinajstić information content (AvgIpc) is 2.58. The molecule has 0 radical (unpaired) electrons. The maximum atomic E-state index is 5.26. The molecule has 0 aromatic rings. The number of hydrogen-bond acceptors (Lipinski definition) is 3. The molecule has 0 bridgehead atoms. The van der Waals surface area contributed by atoms with E-state index in [-0.39, 0.29) is 0 Å². The number of nitrogens with zero attached hydrogens (tertiary/aromatic N) is 1. The lowest BCUT2D eigenvalue weighted by Crippen LogP contribution is -2.29. The molecular formula is C8H13NO2. The van der Waals surface area contributed by atoms with Crippen LogP contribution in [0.2, 0.25) is 0 Å². The van der Waals surface area contributed by atoms with Gasteiger partial charge in [-0.15, -0.1) is 0 Å². The van der Waals surface area contributed by atoms with E-state index in [0.29, 0.717) is 6.79 Å². The molecule has 0 aromatic heterocycles. The van der Waals surface area contributed by atoms with Crippen LogP contribution in [0.5, 0.6) is 0 Å². The summed E-state index contributed by atoms with van der Waals surface area (Å²) >= 11 is 0. The summed E-state index contributed by atoms with van der Waals surface area (Å²) in [6, 6.07) is 0. The van der Waals surface area contributed by atoms with Gasteiger partial charge in [0, 0.05) is 13.1 Å². The van der Waals surface area contributed by atoms with Crippen molar-refractivity contribution in [3.8, 4) is 0 Å². The van der Waals surface area contributed by atoms with E-state index in [1.54, 1.807) is 6.26 Å². The predicted molar refractivity (Wildman–Crippen MR) is 40.5 cm³/mol. The van der Waals surface area contributed by atoms with E-state index in [1.165, 1.54) is 19.3 Å². The van der Waals surface area contributed by atoms with Crippen molar-refractivity contribution in [1.29, 1.82) is 0 Å². The van der Waals surface area contributed by atoms with E-state index in [4.69, 9.17) is 9.47 Å². The summed E-state index contributed by atoms with van der Waals surface area (Å²) in [6.45, 7) is 2.64. The van der Waals surface area contributed by atoms with Gasteiger partial charge < -0.3 is 14.4 Å². The van der Waals surface area contributed by atoms with Crippen LogP contribution in [0, 0.1) is 0 Å². The van der Waals surface area contributed by atoms with Crippen LogP contribution in [-0.4, -0.2) is 24.8 Å². The summed E-state index contributed by atoms with van der Waals surface area (Å²) in [4.78, 5) is 2.25. The lowest BCUT2D eigenvalue weighted by molar-refractivity contribution is 0.0442. The van der Waals surface area contributed by atoms with Crippen LogP contribution >= 0.6 is 0 Å². The van der Waals surface area contributed by atoms with Crippen molar-refractivity contribution in [3.63, 3.8) is 0 Å². The van der Waals surface area contributed by atoms with E-state index >= 15 is 0 Å². The largest absolute Gasteiger partial charge is 0.459 e. The first-order valence-electron chi connectivity index (χ1n) is 4.16. The Morgan fingerprint density at radius 2 is 2.00 bits per heavy atom. The predicted octanol–water partition coefficient (Wildman–Crippen LogP) is 1.28. The zero-order valence-corrected chi connectivity index (χ0v) is 6.58. The second kappa shape index (κ2) is 3.03. The highest BCUT2D eigenvalue weighted by molar-refractivity contribution is 4.91. The van der Waals surface area contributed by atoms with E-state index < -0.39 is 0 Å². The van der Waals surface area contributed by atoms with E-state index in [9.17, 15) is 0 Å². The molecule has 62 valence electrons. The van der Waals surface area contributed by atoms with Crippen molar-refractivity contribution in [1.82, 2.24) is 4.90 Å². The molecule has 0 N–H and O–H groups in total. The van der Waals surface area contributed by atoms with Gasteiger partial charge in [-0.05, 0) is 19.3 Å². The SMILES string of the molecule is C1=C(N2CCCCC2)OCO1. The smallest absolute Gasteiger partial charge is 0.232 e. The lowest BCUT2D eigenvalue weighted by Gasteiger charge is -2.27. The van der Waals surface area contributed by atoms with Crippen molar-refractivity contribution >= 4 is 0 Å². The van der Waals surface area contributed by atoms with Gasteiger partial charge in [-0.25, -0.2) is 0 Å². The van der Waals surface area contributed by atoms with E-state index in [1.807, 2.05) is 0 Å². The zero-order chi connectivity index (χ0) is 7.52. The summed E-state index contributed by atoms with van der Waals surface area (Å²) in [5.41, 5.74) is 0. The Morgan fingerprint density at radius 3 is 2.64 bits per heavy atom. The fourth-order valence-electron chi connectivity index (χ4n) is 1.51. The molecule has 0 unspecified atom stereocenters. The Hall–Kier alpha value is -0.860. The number of rotatable bonds is 1. The van der Waals surface area contributed by atoms with E-state index in [0.717, 1.165) is 19.0 Å². The minimum absolute atomic E-state index is 0.395. The molecule has 2 rings (SSSR count). The Morgan fingerprint density at radius 1 is 1.18 bits per heavy atom. The summed E-state index contributed by atoms with van der Waals surface area (Å²) in [6.07, 6.45) is 5.62. The molecule has 3 heteroatoms. The third kappa shape index (κ3) is 1.42. The molecule has 2 aliphatic heterocycles. The van der Waals surface area contributed by atoms with Gasteiger partial charge in [0.25, 0.3) is 0 Å². The highest BCUT2D eigenvalue weighted by Crippen LogP contribution is 2.18. The maximum Gasteiger partial charge on any atom is 0.232 e. The summed E-state index contributed by atoms with van der Waals surface area (Å²) < 4.78 is 10.2. The van der Waals surface area contributed by atoms with Crippen LogP contribution in [0.25, 0.3) is 0 Å². The Labute approximate surface area is 66.6 Å². The lowest BCUT2D eigenvalue weighted by atomic mass is 10.1. The molecule has 0 saturated carbocycles. The van der Waals surface area contributed by atoms with E-state index in [2.05, 4.69) is 4.90 Å². The number of ether oxygens (including phenoxy) is 2. The van der Waals surface area contributed by atoms with Crippen molar-refractivity contribution in [2.45, 2.75) is 19.3 Å². The topological polar surface area (TPSA) is 21.7 Å². The van der Waals surface area contributed by atoms with Crippen LogP contribution in [0.15, 0.2) is 12.1 Å². The standard InChI is InChI=1S/C8H13NO2/c1-2-4-9(5-3-1)8-6-10-7-11-8/h6H,1-5,7H2. The summed E-state index contributed by atoms with van der Waals surface area (Å²) in [7, 11) is 0. The third-order valence-electron chi connectivity index (χ3n) is 2.13. The van der Waals surface area contributed by atoms with Crippen LogP contribution in [0.4, 0.5) is 0 Å². The minimum Gasteiger partial charge on any atom is -0.459 e. The molecular weight excluding hydrogens is 142 g/mol. The van der Waals surface area contributed by atoms with Crippen molar-refractivity contribution in [3.05, 3.63) is 12.1 Å². The Balaban J connectivity index is 1.92.